The second-order valence-electron chi connectivity index (χ2n) is 1.00. The molecule has 0 radical (unpaired) electrons. The van der Waals surface area contributed by atoms with Crippen LogP contribution in [-0.4, -0.2) is 11.7 Å². The van der Waals surface area contributed by atoms with Crippen molar-refractivity contribution >= 4 is 16.8 Å². The van der Waals surface area contributed by atoms with Gasteiger partial charge in [-0.1, -0.05) is 18.2 Å². The molecule has 0 atom stereocenters. The van der Waals surface area contributed by atoms with Crippen LogP contribution in [-0.2, 0) is 0 Å². The lowest BCUT2D eigenvalue weighted by molar-refractivity contribution is 1.14. The number of allylic oxidation sites excluding steroid dienone is 1. The van der Waals surface area contributed by atoms with E-state index < -0.39 is 0 Å². The summed E-state index contributed by atoms with van der Waals surface area (Å²) in [6.07, 6.45) is 1.52. The van der Waals surface area contributed by atoms with E-state index in [9.17, 15) is 0 Å². The van der Waals surface area contributed by atoms with Crippen LogP contribution in [0.2, 0.25) is 0 Å². The van der Waals surface area contributed by atoms with Crippen LogP contribution in [0.4, 0.5) is 0 Å². The van der Waals surface area contributed by atoms with Crippen LogP contribution in [0.5, 0.6) is 0 Å². The molecule has 2 heteroatoms. The van der Waals surface area contributed by atoms with Crippen molar-refractivity contribution in [3.8, 4) is 0 Å². The molecule has 0 aliphatic heterocycles. The minimum atomic E-state index is 0.488. The van der Waals surface area contributed by atoms with E-state index in [1.165, 1.54) is 6.08 Å². The average Bonchev–Trinajstić information content (AvgIpc) is 1.68. The summed E-state index contributed by atoms with van der Waals surface area (Å²) in [6, 6.07) is 0. The Labute approximate surface area is 48.7 Å². The highest BCUT2D eigenvalue weighted by Crippen LogP contribution is 1.84. The topological polar surface area (TPSA) is 12.4 Å². The van der Waals surface area contributed by atoms with E-state index in [2.05, 4.69) is 11.6 Å². The molecule has 7 heavy (non-hydrogen) atoms. The van der Waals surface area contributed by atoms with Gasteiger partial charge in [-0.15, -0.1) is 0 Å². The summed E-state index contributed by atoms with van der Waals surface area (Å²) in [4.78, 5) is 3.81. The molecule has 0 aliphatic carbocycles. The third-order valence-electron chi connectivity index (χ3n) is 0.478. The van der Waals surface area contributed by atoms with E-state index in [4.69, 9.17) is 11.6 Å². The van der Waals surface area contributed by atoms with Crippen molar-refractivity contribution in [1.29, 1.82) is 0 Å². The molecule has 0 aromatic heterocycles. The van der Waals surface area contributed by atoms with Crippen LogP contribution in [0, 0.1) is 0 Å². The molecule has 0 heterocycles. The zero-order chi connectivity index (χ0) is 5.70. The molecule has 0 aromatic rings. The van der Waals surface area contributed by atoms with Crippen molar-refractivity contribution < 1.29 is 0 Å². The Morgan fingerprint density at radius 3 is 2.71 bits per heavy atom. The Morgan fingerprint density at radius 1 is 2.00 bits per heavy atom. The van der Waals surface area contributed by atoms with Gasteiger partial charge in [-0.3, -0.25) is 4.99 Å². The summed E-state index contributed by atoms with van der Waals surface area (Å²) in [5, 5.41) is 0.488. The summed E-state index contributed by atoms with van der Waals surface area (Å²) in [5.41, 5.74) is 0. The van der Waals surface area contributed by atoms with Crippen LogP contribution >= 0.6 is 11.6 Å². The van der Waals surface area contributed by atoms with Crippen LogP contribution < -0.4 is 0 Å². The second-order valence-corrected chi connectivity index (χ2v) is 1.39. The van der Waals surface area contributed by atoms with Gasteiger partial charge in [-0.05, 0) is 13.0 Å². The lowest BCUT2D eigenvalue weighted by atomic mass is 10.7. The molecule has 0 saturated carbocycles. The summed E-state index contributed by atoms with van der Waals surface area (Å²) >= 11 is 5.40. The SMILES string of the molecule is C=CC(Cl)=NCC. The zero-order valence-electron chi connectivity index (χ0n) is 4.32. The van der Waals surface area contributed by atoms with E-state index in [0.29, 0.717) is 5.17 Å². The number of halogens is 1. The monoisotopic (exact) mass is 117 g/mol. The van der Waals surface area contributed by atoms with Gasteiger partial charge < -0.3 is 0 Å². The van der Waals surface area contributed by atoms with Crippen LogP contribution in [0.1, 0.15) is 6.92 Å². The molecule has 40 valence electrons. The van der Waals surface area contributed by atoms with Gasteiger partial charge in [-0.2, -0.15) is 0 Å². The Kier molecular flexibility index (Phi) is 3.71. The van der Waals surface area contributed by atoms with Gasteiger partial charge in [-0.25, -0.2) is 0 Å². The molecule has 1 nitrogen and oxygen atoms in total. The molecule has 0 spiro atoms. The Bertz CT molecular complexity index is 86.1. The molecular weight excluding hydrogens is 110 g/mol. The van der Waals surface area contributed by atoms with Gasteiger partial charge in [0.2, 0.25) is 0 Å². The smallest absolute Gasteiger partial charge is 0.122 e. The number of rotatable bonds is 2. The molecule has 0 bridgehead atoms. The number of nitrogens with zero attached hydrogens (tertiary/aromatic N) is 1. The maximum absolute atomic E-state index is 5.40. The predicted molar refractivity (Wildman–Crippen MR) is 34.0 cm³/mol. The lowest BCUT2D eigenvalue weighted by Crippen LogP contribution is -1.78. The second kappa shape index (κ2) is 3.88. The Balaban J connectivity index is 3.49. The maximum Gasteiger partial charge on any atom is 0.122 e. The fraction of sp³-hybridized carbons (Fsp3) is 0.400. The van der Waals surface area contributed by atoms with Crippen LogP contribution in [0.3, 0.4) is 0 Å². The normalized spacial score (nSPS) is 11.4. The minimum absolute atomic E-state index is 0.488. The van der Waals surface area contributed by atoms with Crippen LogP contribution in [0.25, 0.3) is 0 Å². The zero-order valence-corrected chi connectivity index (χ0v) is 5.07. The molecule has 0 rings (SSSR count). The van der Waals surface area contributed by atoms with E-state index in [1.54, 1.807) is 0 Å². The predicted octanol–water partition coefficient (Wildman–Crippen LogP) is 1.83. The van der Waals surface area contributed by atoms with Crippen molar-refractivity contribution in [3.63, 3.8) is 0 Å². The molecule has 0 amide bonds. The molecule has 0 fully saturated rings. The molecule has 0 saturated heterocycles. The molecular formula is C5H8ClN. The highest BCUT2D eigenvalue weighted by Gasteiger charge is 1.76. The Hall–Kier alpha value is -0.300. The van der Waals surface area contributed by atoms with Crippen molar-refractivity contribution in [2.75, 3.05) is 6.54 Å². The van der Waals surface area contributed by atoms with Gasteiger partial charge in [0.05, 0.1) is 0 Å². The average molecular weight is 118 g/mol. The first-order valence-corrected chi connectivity index (χ1v) is 2.51. The first-order chi connectivity index (χ1) is 3.31. The van der Waals surface area contributed by atoms with Gasteiger partial charge in [0, 0.05) is 6.54 Å². The fourth-order valence-corrected chi connectivity index (χ4v) is 0.335. The van der Waals surface area contributed by atoms with Gasteiger partial charge in [0.1, 0.15) is 5.17 Å². The van der Waals surface area contributed by atoms with E-state index >= 15 is 0 Å². The molecule has 0 N–H and O–H groups in total. The van der Waals surface area contributed by atoms with Crippen molar-refractivity contribution in [1.82, 2.24) is 0 Å². The maximum atomic E-state index is 5.40. The van der Waals surface area contributed by atoms with Crippen molar-refractivity contribution in [2.24, 2.45) is 4.99 Å². The number of hydrogen-bond acceptors (Lipinski definition) is 1. The van der Waals surface area contributed by atoms with Crippen molar-refractivity contribution in [2.45, 2.75) is 6.92 Å². The summed E-state index contributed by atoms with van der Waals surface area (Å²) in [6.45, 7) is 6.07. The highest BCUT2D eigenvalue weighted by atomic mass is 35.5. The highest BCUT2D eigenvalue weighted by molar-refractivity contribution is 6.68. The van der Waals surface area contributed by atoms with Gasteiger partial charge in [0.15, 0.2) is 0 Å². The summed E-state index contributed by atoms with van der Waals surface area (Å²) < 4.78 is 0. The number of aliphatic imine (C=N–C) groups is 1. The third-order valence-corrected chi connectivity index (χ3v) is 0.751. The lowest BCUT2D eigenvalue weighted by Gasteiger charge is -1.80. The van der Waals surface area contributed by atoms with Gasteiger partial charge in [0.25, 0.3) is 0 Å². The Morgan fingerprint density at radius 2 is 2.57 bits per heavy atom. The first-order valence-electron chi connectivity index (χ1n) is 2.13. The molecule has 0 unspecified atom stereocenters. The van der Waals surface area contributed by atoms with Gasteiger partial charge >= 0.3 is 0 Å². The number of hydrogen-bond donors (Lipinski definition) is 0. The summed E-state index contributed by atoms with van der Waals surface area (Å²) in [5.74, 6) is 0. The largest absolute Gasteiger partial charge is 0.273 e. The third kappa shape index (κ3) is 3.53. The van der Waals surface area contributed by atoms with E-state index in [0.717, 1.165) is 6.54 Å². The minimum Gasteiger partial charge on any atom is -0.273 e. The summed E-state index contributed by atoms with van der Waals surface area (Å²) in [7, 11) is 0. The molecule has 0 aromatic carbocycles. The van der Waals surface area contributed by atoms with Crippen molar-refractivity contribution in [3.05, 3.63) is 12.7 Å². The van der Waals surface area contributed by atoms with E-state index in [1.807, 2.05) is 6.92 Å². The first kappa shape index (κ1) is 6.70. The fourth-order valence-electron chi connectivity index (χ4n) is 0.216. The molecule has 0 aliphatic rings. The standard InChI is InChI=1S/C5H8ClN/c1-3-5(6)7-4-2/h3H,1,4H2,2H3. The quantitative estimate of drug-likeness (QED) is 0.490. The van der Waals surface area contributed by atoms with E-state index in [-0.39, 0.29) is 0 Å². The van der Waals surface area contributed by atoms with Crippen LogP contribution in [0.15, 0.2) is 17.6 Å².